The molecule has 2 aromatic rings. The van der Waals surface area contributed by atoms with Crippen LogP contribution in [0.25, 0.3) is 0 Å². The summed E-state index contributed by atoms with van der Waals surface area (Å²) in [5.41, 5.74) is 1.54. The van der Waals surface area contributed by atoms with Gasteiger partial charge in [0.2, 0.25) is 15.9 Å². The number of sulfonamides is 1. The molecule has 0 saturated carbocycles. The van der Waals surface area contributed by atoms with E-state index in [1.165, 1.54) is 12.1 Å². The molecule has 2 saturated heterocycles. The standard InChI is InChI=1S/C24H27BrN2O5S/c1-16(2)17-5-9-19(10-6-17)27-23(28)14-22(24(27)29)26(15-20-4-3-13-32-20)33(30,31)21-11-7-18(25)8-12-21/h5-12,16,20,22H,3-4,13-15H2,1-2H3. The molecule has 2 heterocycles. The van der Waals surface area contributed by atoms with Gasteiger partial charge in [0, 0.05) is 17.6 Å². The van der Waals surface area contributed by atoms with Crippen molar-refractivity contribution in [2.45, 2.75) is 56.1 Å². The Labute approximate surface area is 202 Å². The van der Waals surface area contributed by atoms with Crippen LogP contribution >= 0.6 is 15.9 Å². The molecule has 2 fully saturated rings. The Kier molecular flexibility index (Phi) is 7.04. The molecule has 2 aliphatic rings. The molecule has 0 N–H and O–H groups in total. The average molecular weight is 535 g/mol. The number of hydrogen-bond acceptors (Lipinski definition) is 5. The highest BCUT2D eigenvalue weighted by atomic mass is 79.9. The van der Waals surface area contributed by atoms with Gasteiger partial charge in [-0.3, -0.25) is 9.59 Å². The number of amides is 2. The Morgan fingerprint density at radius 1 is 1.09 bits per heavy atom. The van der Waals surface area contributed by atoms with Crippen LogP contribution in [0, 0.1) is 0 Å². The van der Waals surface area contributed by atoms with Crippen LogP contribution in [0.15, 0.2) is 57.9 Å². The van der Waals surface area contributed by atoms with E-state index < -0.39 is 27.9 Å². The summed E-state index contributed by atoms with van der Waals surface area (Å²) in [4.78, 5) is 27.5. The third kappa shape index (κ3) is 4.91. The maximum atomic E-state index is 13.6. The highest BCUT2D eigenvalue weighted by molar-refractivity contribution is 9.10. The van der Waals surface area contributed by atoms with E-state index in [2.05, 4.69) is 29.8 Å². The molecular formula is C24H27BrN2O5S. The van der Waals surface area contributed by atoms with E-state index in [-0.39, 0.29) is 24.0 Å². The summed E-state index contributed by atoms with van der Waals surface area (Å²) in [6.45, 7) is 4.71. The van der Waals surface area contributed by atoms with Gasteiger partial charge >= 0.3 is 0 Å². The maximum absolute atomic E-state index is 13.6. The molecule has 2 unspecified atom stereocenters. The second kappa shape index (κ2) is 9.66. The Morgan fingerprint density at radius 2 is 1.76 bits per heavy atom. The molecule has 9 heteroatoms. The van der Waals surface area contributed by atoms with Crippen molar-refractivity contribution in [1.29, 1.82) is 0 Å². The zero-order valence-corrected chi connectivity index (χ0v) is 21.0. The largest absolute Gasteiger partial charge is 0.377 e. The van der Waals surface area contributed by atoms with Gasteiger partial charge in [0.25, 0.3) is 5.91 Å². The second-order valence-corrected chi connectivity index (χ2v) is 11.5. The fraction of sp³-hybridized carbons (Fsp3) is 0.417. The van der Waals surface area contributed by atoms with Crippen LogP contribution in [0.1, 0.15) is 44.6 Å². The Hall–Kier alpha value is -2.07. The third-order valence-electron chi connectivity index (χ3n) is 6.12. The van der Waals surface area contributed by atoms with Crippen LogP contribution in [0.5, 0.6) is 0 Å². The maximum Gasteiger partial charge on any atom is 0.252 e. The molecule has 0 aromatic heterocycles. The summed E-state index contributed by atoms with van der Waals surface area (Å²) in [6.07, 6.45) is 1.04. The van der Waals surface area contributed by atoms with Gasteiger partial charge in [-0.2, -0.15) is 4.31 Å². The molecule has 176 valence electrons. The van der Waals surface area contributed by atoms with Crippen molar-refractivity contribution >= 4 is 43.5 Å². The van der Waals surface area contributed by atoms with Gasteiger partial charge in [-0.15, -0.1) is 0 Å². The van der Waals surface area contributed by atoms with Gasteiger partial charge in [0.1, 0.15) is 6.04 Å². The van der Waals surface area contributed by atoms with E-state index in [1.807, 2.05) is 12.1 Å². The van der Waals surface area contributed by atoms with Crippen LogP contribution < -0.4 is 4.90 Å². The predicted octanol–water partition coefficient (Wildman–Crippen LogP) is 4.07. The summed E-state index contributed by atoms with van der Waals surface area (Å²) < 4.78 is 34.8. The van der Waals surface area contributed by atoms with Gasteiger partial charge in [0.15, 0.2) is 0 Å². The van der Waals surface area contributed by atoms with Gasteiger partial charge in [-0.05, 0) is 60.7 Å². The van der Waals surface area contributed by atoms with Crippen LogP contribution in [-0.2, 0) is 24.3 Å². The lowest BCUT2D eigenvalue weighted by Crippen LogP contribution is -2.48. The van der Waals surface area contributed by atoms with Gasteiger partial charge in [0.05, 0.1) is 23.1 Å². The highest BCUT2D eigenvalue weighted by Gasteiger charge is 2.47. The zero-order valence-electron chi connectivity index (χ0n) is 18.6. The number of carbonyl (C=O) groups excluding carboxylic acids is 2. The molecule has 0 spiro atoms. The average Bonchev–Trinajstić information content (AvgIpc) is 3.39. The lowest BCUT2D eigenvalue weighted by molar-refractivity contribution is -0.122. The first-order valence-electron chi connectivity index (χ1n) is 11.0. The molecule has 0 radical (unpaired) electrons. The number of ether oxygens (including phenoxy) is 1. The van der Waals surface area contributed by atoms with Crippen molar-refractivity contribution in [2.24, 2.45) is 0 Å². The number of halogens is 1. The number of carbonyl (C=O) groups is 2. The Balaban J connectivity index is 1.67. The molecule has 2 atom stereocenters. The van der Waals surface area contributed by atoms with Crippen LogP contribution in [0.4, 0.5) is 5.69 Å². The first-order valence-corrected chi connectivity index (χ1v) is 13.3. The van der Waals surface area contributed by atoms with Crippen LogP contribution in [-0.4, -0.2) is 49.8 Å². The quantitative estimate of drug-likeness (QED) is 0.499. The Bertz CT molecular complexity index is 1130. The number of anilines is 1. The van der Waals surface area contributed by atoms with Crippen LogP contribution in [0.2, 0.25) is 0 Å². The topological polar surface area (TPSA) is 84.0 Å². The molecule has 2 aliphatic heterocycles. The lowest BCUT2D eigenvalue weighted by Gasteiger charge is -2.29. The zero-order chi connectivity index (χ0) is 23.8. The smallest absolute Gasteiger partial charge is 0.252 e. The van der Waals surface area contributed by atoms with Crippen molar-refractivity contribution in [3.05, 3.63) is 58.6 Å². The van der Waals surface area contributed by atoms with Crippen molar-refractivity contribution in [2.75, 3.05) is 18.1 Å². The van der Waals surface area contributed by atoms with E-state index in [1.54, 1.807) is 24.3 Å². The summed E-state index contributed by atoms with van der Waals surface area (Å²) in [7, 11) is -4.04. The Morgan fingerprint density at radius 3 is 2.33 bits per heavy atom. The van der Waals surface area contributed by atoms with E-state index in [0.29, 0.717) is 24.6 Å². The summed E-state index contributed by atoms with van der Waals surface area (Å²) >= 11 is 3.32. The molecular weight excluding hydrogens is 508 g/mol. The summed E-state index contributed by atoms with van der Waals surface area (Å²) in [5, 5.41) is 0. The fourth-order valence-corrected chi connectivity index (χ4v) is 6.12. The minimum Gasteiger partial charge on any atom is -0.377 e. The number of imide groups is 1. The van der Waals surface area contributed by atoms with E-state index in [0.717, 1.165) is 25.7 Å². The number of nitrogens with zero attached hydrogens (tertiary/aromatic N) is 2. The summed E-state index contributed by atoms with van der Waals surface area (Å²) in [5.74, 6) is -0.628. The predicted molar refractivity (Wildman–Crippen MR) is 128 cm³/mol. The first kappa shape index (κ1) is 24.1. The van der Waals surface area contributed by atoms with Crippen molar-refractivity contribution in [3.8, 4) is 0 Å². The van der Waals surface area contributed by atoms with Crippen LogP contribution in [0.3, 0.4) is 0 Å². The fourth-order valence-electron chi connectivity index (χ4n) is 4.24. The first-order chi connectivity index (χ1) is 15.7. The van der Waals surface area contributed by atoms with Gasteiger partial charge in [-0.1, -0.05) is 41.9 Å². The molecule has 0 bridgehead atoms. The highest BCUT2D eigenvalue weighted by Crippen LogP contribution is 2.31. The molecule has 2 amide bonds. The molecule has 0 aliphatic carbocycles. The lowest BCUT2D eigenvalue weighted by atomic mass is 10.0. The van der Waals surface area contributed by atoms with E-state index in [9.17, 15) is 18.0 Å². The van der Waals surface area contributed by atoms with Crippen molar-refractivity contribution in [1.82, 2.24) is 4.31 Å². The normalized spacial score (nSPS) is 21.5. The molecule has 4 rings (SSSR count). The van der Waals surface area contributed by atoms with E-state index in [4.69, 9.17) is 4.74 Å². The number of rotatable bonds is 7. The monoisotopic (exact) mass is 534 g/mol. The third-order valence-corrected chi connectivity index (χ3v) is 8.53. The second-order valence-electron chi connectivity index (χ2n) is 8.70. The molecule has 33 heavy (non-hydrogen) atoms. The number of benzene rings is 2. The molecule has 2 aromatic carbocycles. The molecule has 7 nitrogen and oxygen atoms in total. The van der Waals surface area contributed by atoms with Crippen molar-refractivity contribution < 1.29 is 22.7 Å². The summed E-state index contributed by atoms with van der Waals surface area (Å²) in [6, 6.07) is 12.4. The van der Waals surface area contributed by atoms with E-state index >= 15 is 0 Å². The minimum absolute atomic E-state index is 0.0300. The number of hydrogen-bond donors (Lipinski definition) is 0. The van der Waals surface area contributed by atoms with Gasteiger partial charge < -0.3 is 4.74 Å². The van der Waals surface area contributed by atoms with Gasteiger partial charge in [-0.25, -0.2) is 13.3 Å². The van der Waals surface area contributed by atoms with Crippen molar-refractivity contribution in [3.63, 3.8) is 0 Å². The SMILES string of the molecule is CC(C)c1ccc(N2C(=O)CC(N(CC3CCCO3)S(=O)(=O)c3ccc(Br)cc3)C2=O)cc1. The minimum atomic E-state index is -4.04.